The summed E-state index contributed by atoms with van der Waals surface area (Å²) >= 11 is 0. The fourth-order valence-corrected chi connectivity index (χ4v) is 3.85. The summed E-state index contributed by atoms with van der Waals surface area (Å²) in [6.07, 6.45) is 1.70. The van der Waals surface area contributed by atoms with Crippen LogP contribution in [-0.2, 0) is 19.6 Å². The van der Waals surface area contributed by atoms with Crippen LogP contribution in [0.2, 0.25) is 0 Å². The van der Waals surface area contributed by atoms with Crippen LogP contribution in [0.3, 0.4) is 0 Å². The van der Waals surface area contributed by atoms with Gasteiger partial charge in [-0.05, 0) is 54.6 Å². The molecule has 0 saturated carbocycles. The van der Waals surface area contributed by atoms with E-state index >= 15 is 0 Å². The Morgan fingerprint density at radius 2 is 2.03 bits per heavy atom. The molecule has 7 heteroatoms. The average molecular weight is 402 g/mol. The molecule has 30 heavy (non-hydrogen) atoms. The van der Waals surface area contributed by atoms with E-state index in [1.807, 2.05) is 30.3 Å². The summed E-state index contributed by atoms with van der Waals surface area (Å²) < 4.78 is 12.9. The minimum absolute atomic E-state index is 0.161. The number of aromatic nitrogens is 2. The number of imidazole rings is 1. The number of ether oxygens (including phenoxy) is 1. The number of carbonyl (C=O) groups excluding carboxylic acids is 1. The van der Waals surface area contributed by atoms with E-state index in [1.165, 1.54) is 0 Å². The van der Waals surface area contributed by atoms with E-state index in [0.29, 0.717) is 5.56 Å². The Balaban J connectivity index is 1.33. The first-order chi connectivity index (χ1) is 14.7. The lowest BCUT2D eigenvalue weighted by Gasteiger charge is -2.26. The second-order valence-electron chi connectivity index (χ2n) is 7.36. The molecule has 0 radical (unpaired) electrons. The van der Waals surface area contributed by atoms with Gasteiger partial charge >= 0.3 is 0 Å². The maximum absolute atomic E-state index is 12.5. The van der Waals surface area contributed by atoms with Crippen molar-refractivity contribution in [1.82, 2.24) is 14.5 Å². The molecule has 0 fully saturated rings. The highest BCUT2D eigenvalue weighted by Crippen LogP contribution is 2.25. The number of hydrogen-bond acceptors (Lipinski definition) is 5. The molecule has 152 valence electrons. The standard InChI is InChI=1S/C23H22N4O3/c1-29-18-7-4-16(5-8-18)23(28)24-17-6-9-21-20(13-17)25-22-15-26(10-11-27(21)22)14-19-3-2-12-30-19/h2-9,12-13H,10-11,14-15H2,1H3,(H,24,28). The smallest absolute Gasteiger partial charge is 0.255 e. The third kappa shape index (κ3) is 3.55. The highest BCUT2D eigenvalue weighted by Gasteiger charge is 2.21. The molecule has 1 aliphatic heterocycles. The summed E-state index contributed by atoms with van der Waals surface area (Å²) in [4.78, 5) is 19.7. The van der Waals surface area contributed by atoms with Crippen LogP contribution in [0.1, 0.15) is 21.9 Å². The number of fused-ring (bicyclic) bond motifs is 3. The Hall–Kier alpha value is -3.58. The Kier molecular flexibility index (Phi) is 4.72. The second kappa shape index (κ2) is 7.68. The van der Waals surface area contributed by atoms with E-state index in [-0.39, 0.29) is 5.91 Å². The summed E-state index contributed by atoms with van der Waals surface area (Å²) in [5.74, 6) is 2.55. The minimum atomic E-state index is -0.161. The maximum atomic E-state index is 12.5. The predicted octanol–water partition coefficient (Wildman–Crippen LogP) is 3.91. The molecule has 0 aliphatic carbocycles. The molecule has 1 amide bonds. The largest absolute Gasteiger partial charge is 0.497 e. The Bertz CT molecular complexity index is 1180. The topological polar surface area (TPSA) is 72.5 Å². The monoisotopic (exact) mass is 402 g/mol. The van der Waals surface area contributed by atoms with Gasteiger partial charge < -0.3 is 19.0 Å². The normalized spacial score (nSPS) is 13.9. The first-order valence-electron chi connectivity index (χ1n) is 9.89. The summed E-state index contributed by atoms with van der Waals surface area (Å²) in [6.45, 7) is 3.36. The molecule has 0 bridgehead atoms. The van der Waals surface area contributed by atoms with Crippen molar-refractivity contribution in [3.05, 3.63) is 78.0 Å². The van der Waals surface area contributed by atoms with Crippen LogP contribution in [0.25, 0.3) is 11.0 Å². The van der Waals surface area contributed by atoms with E-state index in [9.17, 15) is 4.79 Å². The highest BCUT2D eigenvalue weighted by atomic mass is 16.5. The molecule has 1 aliphatic rings. The lowest BCUT2D eigenvalue weighted by atomic mass is 10.2. The van der Waals surface area contributed by atoms with Crippen molar-refractivity contribution in [3.63, 3.8) is 0 Å². The van der Waals surface area contributed by atoms with E-state index in [4.69, 9.17) is 14.1 Å². The van der Waals surface area contributed by atoms with Gasteiger partial charge in [-0.15, -0.1) is 0 Å². The number of rotatable bonds is 5. The number of furan rings is 1. The van der Waals surface area contributed by atoms with Gasteiger partial charge in [0.05, 0.1) is 37.5 Å². The van der Waals surface area contributed by atoms with Crippen LogP contribution in [-0.4, -0.2) is 34.0 Å². The minimum Gasteiger partial charge on any atom is -0.497 e. The quantitative estimate of drug-likeness (QED) is 0.548. The van der Waals surface area contributed by atoms with Gasteiger partial charge in [0, 0.05) is 24.3 Å². The molecular weight excluding hydrogens is 380 g/mol. The van der Waals surface area contributed by atoms with E-state index < -0.39 is 0 Å². The Morgan fingerprint density at radius 1 is 1.17 bits per heavy atom. The van der Waals surface area contributed by atoms with Gasteiger partial charge in [-0.25, -0.2) is 4.98 Å². The fourth-order valence-electron chi connectivity index (χ4n) is 3.85. The molecule has 7 nitrogen and oxygen atoms in total. The third-order valence-corrected chi connectivity index (χ3v) is 5.40. The highest BCUT2D eigenvalue weighted by molar-refractivity contribution is 6.05. The number of methoxy groups -OCH3 is 1. The molecule has 3 heterocycles. The zero-order valence-corrected chi connectivity index (χ0v) is 16.7. The second-order valence-corrected chi connectivity index (χ2v) is 7.36. The number of hydrogen-bond donors (Lipinski definition) is 1. The number of benzene rings is 2. The average Bonchev–Trinajstić information content (AvgIpc) is 3.40. The van der Waals surface area contributed by atoms with Gasteiger partial charge in [0.25, 0.3) is 5.91 Å². The van der Waals surface area contributed by atoms with E-state index in [0.717, 1.165) is 60.2 Å². The molecule has 0 saturated heterocycles. The third-order valence-electron chi connectivity index (χ3n) is 5.40. The fraction of sp³-hybridized carbons (Fsp3) is 0.217. The summed E-state index contributed by atoms with van der Waals surface area (Å²) in [6, 6.07) is 16.8. The number of amides is 1. The van der Waals surface area contributed by atoms with Crippen LogP contribution in [0.5, 0.6) is 5.75 Å². The van der Waals surface area contributed by atoms with Crippen molar-refractivity contribution in [2.24, 2.45) is 0 Å². The molecule has 0 spiro atoms. The van der Waals surface area contributed by atoms with Crippen LogP contribution in [0.4, 0.5) is 5.69 Å². The molecule has 2 aromatic heterocycles. The first kappa shape index (κ1) is 18.4. The molecule has 1 N–H and O–H groups in total. The number of carbonyl (C=O) groups is 1. The van der Waals surface area contributed by atoms with Gasteiger partial charge in [-0.3, -0.25) is 9.69 Å². The molecule has 2 aromatic carbocycles. The molecular formula is C23H22N4O3. The van der Waals surface area contributed by atoms with E-state index in [2.05, 4.69) is 14.8 Å². The van der Waals surface area contributed by atoms with Gasteiger partial charge in [-0.1, -0.05) is 0 Å². The molecule has 0 atom stereocenters. The van der Waals surface area contributed by atoms with Crippen molar-refractivity contribution in [3.8, 4) is 5.75 Å². The lowest BCUT2D eigenvalue weighted by Crippen LogP contribution is -2.33. The SMILES string of the molecule is COc1ccc(C(=O)Nc2ccc3c(c2)nc2n3CCN(Cc3ccco3)C2)cc1. The summed E-state index contributed by atoms with van der Waals surface area (Å²) in [5.41, 5.74) is 3.28. The number of nitrogens with zero attached hydrogens (tertiary/aromatic N) is 3. The van der Waals surface area contributed by atoms with Crippen molar-refractivity contribution in [2.75, 3.05) is 19.0 Å². The van der Waals surface area contributed by atoms with Crippen molar-refractivity contribution >= 4 is 22.6 Å². The molecule has 4 aromatic rings. The van der Waals surface area contributed by atoms with Crippen molar-refractivity contribution in [2.45, 2.75) is 19.6 Å². The maximum Gasteiger partial charge on any atom is 0.255 e. The lowest BCUT2D eigenvalue weighted by molar-refractivity contribution is 0.102. The van der Waals surface area contributed by atoms with Crippen LogP contribution < -0.4 is 10.1 Å². The van der Waals surface area contributed by atoms with Crippen LogP contribution >= 0.6 is 0 Å². The van der Waals surface area contributed by atoms with Gasteiger partial charge in [-0.2, -0.15) is 0 Å². The van der Waals surface area contributed by atoms with Crippen molar-refractivity contribution in [1.29, 1.82) is 0 Å². The predicted molar refractivity (Wildman–Crippen MR) is 114 cm³/mol. The van der Waals surface area contributed by atoms with E-state index in [1.54, 1.807) is 37.6 Å². The zero-order chi connectivity index (χ0) is 20.5. The van der Waals surface area contributed by atoms with Gasteiger partial charge in [0.15, 0.2) is 0 Å². The van der Waals surface area contributed by atoms with Crippen LogP contribution in [0.15, 0.2) is 65.3 Å². The summed E-state index contributed by atoms with van der Waals surface area (Å²) in [7, 11) is 1.60. The molecule has 5 rings (SSSR count). The number of nitrogens with one attached hydrogen (secondary N) is 1. The van der Waals surface area contributed by atoms with Gasteiger partial charge in [0.2, 0.25) is 0 Å². The first-order valence-corrected chi connectivity index (χ1v) is 9.89. The number of anilines is 1. The Morgan fingerprint density at radius 3 is 2.80 bits per heavy atom. The zero-order valence-electron chi connectivity index (χ0n) is 16.7. The Labute approximate surface area is 173 Å². The van der Waals surface area contributed by atoms with Gasteiger partial charge in [0.1, 0.15) is 17.3 Å². The van der Waals surface area contributed by atoms with Crippen molar-refractivity contribution < 1.29 is 13.9 Å². The van der Waals surface area contributed by atoms with Crippen LogP contribution in [0, 0.1) is 0 Å². The molecule has 0 unspecified atom stereocenters. The summed E-state index contributed by atoms with van der Waals surface area (Å²) in [5, 5.41) is 2.95.